The molecule has 2 rings (SSSR count). The van der Waals surface area contributed by atoms with Gasteiger partial charge in [0.25, 0.3) is 0 Å². The smallest absolute Gasteiger partial charge is 0.339 e. The minimum absolute atomic E-state index is 0.0254. The lowest BCUT2D eigenvalue weighted by Gasteiger charge is -2.08. The Hall–Kier alpha value is -1.83. The molecule has 2 heterocycles. The van der Waals surface area contributed by atoms with Gasteiger partial charge in [-0.2, -0.15) is 0 Å². The van der Waals surface area contributed by atoms with Crippen LogP contribution in [-0.4, -0.2) is 41.9 Å². The first kappa shape index (κ1) is 14.6. The molecule has 0 aromatic carbocycles. The fourth-order valence-electron chi connectivity index (χ4n) is 2.40. The predicted octanol–water partition coefficient (Wildman–Crippen LogP) is 0.785. The van der Waals surface area contributed by atoms with Crippen molar-refractivity contribution in [2.45, 2.75) is 19.8 Å². The highest BCUT2D eigenvalue weighted by Crippen LogP contribution is 2.23. The highest BCUT2D eigenvalue weighted by molar-refractivity contribution is 7.91. The van der Waals surface area contributed by atoms with Gasteiger partial charge in [-0.15, -0.1) is 0 Å². The van der Waals surface area contributed by atoms with Crippen LogP contribution in [0.3, 0.4) is 0 Å². The number of hydrogen-bond donors (Lipinski definition) is 3. The minimum Gasteiger partial charge on any atom is -0.478 e. The van der Waals surface area contributed by atoms with Crippen molar-refractivity contribution in [3.8, 4) is 0 Å². The van der Waals surface area contributed by atoms with Gasteiger partial charge < -0.3 is 15.4 Å². The molecule has 7 nitrogen and oxygen atoms in total. The maximum atomic E-state index is 11.9. The van der Waals surface area contributed by atoms with Crippen LogP contribution in [0, 0.1) is 12.8 Å². The number of amides is 1. The monoisotopic (exact) mass is 300 g/mol. The number of nitrogens with one attached hydrogen (secondary N) is 2. The molecule has 1 fully saturated rings. The van der Waals surface area contributed by atoms with Crippen molar-refractivity contribution < 1.29 is 23.1 Å². The first-order chi connectivity index (χ1) is 9.28. The molecule has 0 spiro atoms. The Morgan fingerprint density at radius 3 is 2.75 bits per heavy atom. The van der Waals surface area contributed by atoms with E-state index in [1.165, 1.54) is 6.20 Å². The summed E-state index contributed by atoms with van der Waals surface area (Å²) in [6, 6.07) is 0. The third kappa shape index (κ3) is 3.19. The van der Waals surface area contributed by atoms with Gasteiger partial charge in [0.05, 0.1) is 17.2 Å². The van der Waals surface area contributed by atoms with E-state index in [1.54, 1.807) is 6.92 Å². The highest BCUT2D eigenvalue weighted by Gasteiger charge is 2.29. The lowest BCUT2D eigenvalue weighted by molar-refractivity contribution is -0.116. The summed E-state index contributed by atoms with van der Waals surface area (Å²) in [5, 5.41) is 11.6. The Morgan fingerprint density at radius 2 is 2.20 bits per heavy atom. The fourth-order valence-corrected chi connectivity index (χ4v) is 4.26. The van der Waals surface area contributed by atoms with Crippen LogP contribution in [-0.2, 0) is 14.6 Å². The van der Waals surface area contributed by atoms with E-state index in [9.17, 15) is 18.0 Å². The number of carbonyl (C=O) groups excluding carboxylic acids is 1. The van der Waals surface area contributed by atoms with E-state index >= 15 is 0 Å². The molecule has 1 aromatic heterocycles. The summed E-state index contributed by atoms with van der Waals surface area (Å²) < 4.78 is 22.6. The van der Waals surface area contributed by atoms with Crippen LogP contribution in [0.4, 0.5) is 5.69 Å². The fraction of sp³-hybridized carbons (Fsp3) is 0.500. The van der Waals surface area contributed by atoms with Crippen molar-refractivity contribution in [2.75, 3.05) is 16.8 Å². The number of carbonyl (C=O) groups is 2. The molecule has 1 unspecified atom stereocenters. The molecule has 110 valence electrons. The highest BCUT2D eigenvalue weighted by atomic mass is 32.2. The molecule has 0 aliphatic carbocycles. The summed E-state index contributed by atoms with van der Waals surface area (Å²) in [5.74, 6) is -1.53. The maximum absolute atomic E-state index is 11.9. The number of hydrogen-bond acceptors (Lipinski definition) is 4. The van der Waals surface area contributed by atoms with Gasteiger partial charge in [-0.25, -0.2) is 13.2 Å². The Kier molecular flexibility index (Phi) is 3.85. The molecule has 1 saturated heterocycles. The van der Waals surface area contributed by atoms with E-state index in [0.717, 1.165) is 0 Å². The van der Waals surface area contributed by atoms with Crippen LogP contribution in [0.5, 0.6) is 0 Å². The normalized spacial score (nSPS) is 20.8. The standard InChI is InChI=1S/C12H16N2O5S/c1-7-11(12(16)17)9(5-13-7)14-10(15)4-8-2-3-20(18,19)6-8/h5,8,13H,2-4,6H2,1H3,(H,14,15)(H,16,17). The quantitative estimate of drug-likeness (QED) is 0.760. The molecule has 0 bridgehead atoms. The Morgan fingerprint density at radius 1 is 1.50 bits per heavy atom. The van der Waals surface area contributed by atoms with Crippen molar-refractivity contribution in [3.63, 3.8) is 0 Å². The summed E-state index contributed by atoms with van der Waals surface area (Å²) in [7, 11) is -3.01. The first-order valence-electron chi connectivity index (χ1n) is 6.20. The van der Waals surface area contributed by atoms with Crippen molar-refractivity contribution in [3.05, 3.63) is 17.5 Å². The molecule has 1 amide bonds. The summed E-state index contributed by atoms with van der Waals surface area (Å²) >= 11 is 0. The van der Waals surface area contributed by atoms with E-state index in [-0.39, 0.29) is 41.0 Å². The number of carboxylic acids is 1. The first-order valence-corrected chi connectivity index (χ1v) is 8.02. The zero-order valence-electron chi connectivity index (χ0n) is 11.0. The second-order valence-corrected chi connectivity index (χ2v) is 7.26. The van der Waals surface area contributed by atoms with Crippen molar-refractivity contribution in [2.24, 2.45) is 5.92 Å². The van der Waals surface area contributed by atoms with Gasteiger partial charge in [-0.1, -0.05) is 0 Å². The average Bonchev–Trinajstić information content (AvgIpc) is 2.82. The molecule has 1 atom stereocenters. The van der Waals surface area contributed by atoms with E-state index in [0.29, 0.717) is 12.1 Å². The molecule has 1 aliphatic rings. The number of aryl methyl sites for hydroxylation is 1. The van der Waals surface area contributed by atoms with Crippen LogP contribution in [0.1, 0.15) is 28.9 Å². The average molecular weight is 300 g/mol. The number of aromatic carboxylic acids is 1. The summed E-state index contributed by atoms with van der Waals surface area (Å²) in [6.07, 6.45) is 1.98. The number of aromatic nitrogens is 1. The van der Waals surface area contributed by atoms with Crippen LogP contribution >= 0.6 is 0 Å². The van der Waals surface area contributed by atoms with Crippen LogP contribution in [0.15, 0.2) is 6.20 Å². The van der Waals surface area contributed by atoms with Gasteiger partial charge in [0, 0.05) is 18.3 Å². The summed E-state index contributed by atoms with van der Waals surface area (Å²) in [6.45, 7) is 1.60. The minimum atomic E-state index is -3.01. The molecule has 20 heavy (non-hydrogen) atoms. The van der Waals surface area contributed by atoms with Gasteiger partial charge in [0.2, 0.25) is 5.91 Å². The zero-order valence-corrected chi connectivity index (χ0v) is 11.8. The van der Waals surface area contributed by atoms with Crippen LogP contribution in [0.2, 0.25) is 0 Å². The molecule has 3 N–H and O–H groups in total. The lowest BCUT2D eigenvalue weighted by Crippen LogP contribution is -2.18. The second kappa shape index (κ2) is 5.28. The van der Waals surface area contributed by atoms with Crippen molar-refractivity contribution in [1.29, 1.82) is 0 Å². The molecule has 0 radical (unpaired) electrons. The van der Waals surface area contributed by atoms with Gasteiger partial charge in [0.15, 0.2) is 9.84 Å². The summed E-state index contributed by atoms with van der Waals surface area (Å²) in [4.78, 5) is 25.7. The third-order valence-electron chi connectivity index (χ3n) is 3.37. The molecule has 0 saturated carbocycles. The maximum Gasteiger partial charge on any atom is 0.339 e. The number of aromatic amines is 1. The van der Waals surface area contributed by atoms with Crippen molar-refractivity contribution in [1.82, 2.24) is 4.98 Å². The van der Waals surface area contributed by atoms with Crippen molar-refractivity contribution >= 4 is 27.4 Å². The van der Waals surface area contributed by atoms with E-state index in [2.05, 4.69) is 10.3 Å². The van der Waals surface area contributed by atoms with Gasteiger partial charge in [0.1, 0.15) is 5.56 Å². The Balaban J connectivity index is 2.01. The molecular formula is C12H16N2O5S. The van der Waals surface area contributed by atoms with E-state index in [4.69, 9.17) is 5.11 Å². The number of anilines is 1. The lowest BCUT2D eigenvalue weighted by atomic mass is 10.0. The number of carboxylic acid groups (broad SMARTS) is 1. The molecule has 8 heteroatoms. The third-order valence-corrected chi connectivity index (χ3v) is 5.20. The Labute approximate surface area is 116 Å². The van der Waals surface area contributed by atoms with E-state index in [1.807, 2.05) is 0 Å². The van der Waals surface area contributed by atoms with Gasteiger partial charge in [-0.3, -0.25) is 4.79 Å². The Bertz CT molecular complexity index is 647. The number of H-pyrrole nitrogens is 1. The SMILES string of the molecule is Cc1[nH]cc(NC(=O)CC2CCS(=O)(=O)C2)c1C(=O)O. The predicted molar refractivity (Wildman–Crippen MR) is 72.5 cm³/mol. The molecule has 1 aromatic rings. The largest absolute Gasteiger partial charge is 0.478 e. The number of sulfone groups is 1. The van der Waals surface area contributed by atoms with Crippen LogP contribution in [0.25, 0.3) is 0 Å². The zero-order chi connectivity index (χ0) is 14.9. The second-order valence-electron chi connectivity index (χ2n) is 5.03. The molecular weight excluding hydrogens is 284 g/mol. The molecule has 1 aliphatic heterocycles. The van der Waals surface area contributed by atoms with Gasteiger partial charge in [-0.05, 0) is 19.3 Å². The van der Waals surface area contributed by atoms with Crippen LogP contribution < -0.4 is 5.32 Å². The van der Waals surface area contributed by atoms with E-state index < -0.39 is 15.8 Å². The van der Waals surface area contributed by atoms with Gasteiger partial charge >= 0.3 is 5.97 Å². The summed E-state index contributed by atoms with van der Waals surface area (Å²) in [5.41, 5.74) is 0.689. The topological polar surface area (TPSA) is 116 Å². The number of rotatable bonds is 4.